The molecule has 13 heavy (non-hydrogen) atoms. The second-order valence-corrected chi connectivity index (χ2v) is 5.67. The lowest BCUT2D eigenvalue weighted by Crippen LogP contribution is -2.32. The van der Waals surface area contributed by atoms with Crippen LogP contribution >= 0.6 is 0 Å². The Hall–Kier alpha value is -0.130. The van der Waals surface area contributed by atoms with Crippen molar-refractivity contribution in [3.63, 3.8) is 0 Å². The van der Waals surface area contributed by atoms with Crippen LogP contribution in [0.3, 0.4) is 0 Å². The lowest BCUT2D eigenvalue weighted by molar-refractivity contribution is 0.324. The lowest BCUT2D eigenvalue weighted by Gasteiger charge is -2.16. The second kappa shape index (κ2) is 2.93. The highest BCUT2D eigenvalue weighted by atomic mass is 32.2. The van der Waals surface area contributed by atoms with Gasteiger partial charge in [-0.05, 0) is 19.8 Å². The minimum atomic E-state index is -3.32. The minimum Gasteiger partial charge on any atom is -0.315 e. The van der Waals surface area contributed by atoms with Crippen molar-refractivity contribution < 1.29 is 12.6 Å². The molecule has 76 valence electrons. The molecule has 1 saturated carbocycles. The van der Waals surface area contributed by atoms with E-state index in [2.05, 4.69) is 5.32 Å². The molecule has 2 fully saturated rings. The minimum absolute atomic E-state index is 0.0218. The average Bonchev–Trinajstić information content (AvgIpc) is 2.61. The molecule has 2 rings (SSSR count). The summed E-state index contributed by atoms with van der Waals surface area (Å²) in [4.78, 5) is 0. The van der Waals surface area contributed by atoms with Gasteiger partial charge < -0.3 is 5.32 Å². The topological polar surface area (TPSA) is 55.4 Å². The van der Waals surface area contributed by atoms with Crippen molar-refractivity contribution in [3.8, 4) is 0 Å². The van der Waals surface area contributed by atoms with Gasteiger partial charge in [-0.15, -0.1) is 0 Å². The van der Waals surface area contributed by atoms with Gasteiger partial charge >= 0.3 is 0 Å². The van der Waals surface area contributed by atoms with Gasteiger partial charge in [0.15, 0.2) is 0 Å². The third kappa shape index (κ3) is 1.49. The van der Waals surface area contributed by atoms with Crippen molar-refractivity contribution in [1.29, 1.82) is 0 Å². The Labute approximate surface area is 78.8 Å². The summed E-state index contributed by atoms with van der Waals surface area (Å²) in [6, 6.07) is 0. The van der Waals surface area contributed by atoms with E-state index >= 15 is 0 Å². The van der Waals surface area contributed by atoms with Gasteiger partial charge in [0.1, 0.15) is 5.25 Å². The van der Waals surface area contributed by atoms with E-state index in [1.54, 1.807) is 6.92 Å². The Balaban J connectivity index is 2.16. The van der Waals surface area contributed by atoms with Crippen LogP contribution in [0.15, 0.2) is 0 Å². The average molecular weight is 205 g/mol. The largest absolute Gasteiger partial charge is 0.315 e. The van der Waals surface area contributed by atoms with Crippen LogP contribution in [0, 0.1) is 5.41 Å². The highest BCUT2D eigenvalue weighted by molar-refractivity contribution is 7.87. The zero-order chi connectivity index (χ0) is 9.53. The summed E-state index contributed by atoms with van der Waals surface area (Å²) in [5, 5.41) is 2.82. The van der Waals surface area contributed by atoms with Gasteiger partial charge in [0.05, 0.1) is 6.61 Å². The maximum absolute atomic E-state index is 11.6. The number of rotatable bonds is 3. The first-order valence-electron chi connectivity index (χ1n) is 4.70. The van der Waals surface area contributed by atoms with E-state index in [1.165, 1.54) is 0 Å². The van der Waals surface area contributed by atoms with Gasteiger partial charge in [-0.1, -0.05) is 0 Å². The van der Waals surface area contributed by atoms with E-state index in [0.29, 0.717) is 6.54 Å². The first-order valence-corrected chi connectivity index (χ1v) is 6.17. The summed E-state index contributed by atoms with van der Waals surface area (Å²) in [5.74, 6) is 0. The molecule has 1 aliphatic carbocycles. The van der Waals surface area contributed by atoms with Crippen LogP contribution in [0.2, 0.25) is 0 Å². The molecular formula is C8H15NO3S. The van der Waals surface area contributed by atoms with Crippen molar-refractivity contribution in [2.75, 3.05) is 19.7 Å². The Kier molecular flexibility index (Phi) is 2.13. The van der Waals surface area contributed by atoms with Crippen LogP contribution in [0.25, 0.3) is 0 Å². The van der Waals surface area contributed by atoms with Crippen LogP contribution in [-0.2, 0) is 14.3 Å². The maximum atomic E-state index is 11.6. The summed E-state index contributed by atoms with van der Waals surface area (Å²) >= 11 is 0. The molecule has 0 amide bonds. The van der Waals surface area contributed by atoms with Gasteiger partial charge in [-0.2, -0.15) is 8.42 Å². The summed E-state index contributed by atoms with van der Waals surface area (Å²) in [6.45, 7) is 3.35. The van der Waals surface area contributed by atoms with Gasteiger partial charge in [-0.3, -0.25) is 4.18 Å². The number of hydrogen-bond acceptors (Lipinski definition) is 4. The Morgan fingerprint density at radius 1 is 1.54 bits per heavy atom. The van der Waals surface area contributed by atoms with E-state index in [4.69, 9.17) is 4.18 Å². The Morgan fingerprint density at radius 3 is 2.77 bits per heavy atom. The molecule has 1 N–H and O–H groups in total. The predicted molar refractivity (Wildman–Crippen MR) is 48.9 cm³/mol. The molecule has 4 nitrogen and oxygen atoms in total. The number of hydrogen-bond donors (Lipinski definition) is 1. The molecule has 0 radical (unpaired) electrons. The van der Waals surface area contributed by atoms with Crippen LogP contribution in [0.5, 0.6) is 0 Å². The highest BCUT2D eigenvalue weighted by Gasteiger charge is 2.57. The monoisotopic (exact) mass is 205 g/mol. The third-order valence-corrected chi connectivity index (χ3v) is 4.94. The Bertz CT molecular complexity index is 295. The SMILES string of the molecule is CCOS(=O)(=O)C1CNCC12CC2. The van der Waals surface area contributed by atoms with E-state index in [0.717, 1.165) is 19.4 Å². The normalized spacial score (nSPS) is 31.0. The summed E-state index contributed by atoms with van der Waals surface area (Å²) in [5.41, 5.74) is 0.0218. The molecule has 0 aromatic heterocycles. The molecular weight excluding hydrogens is 190 g/mol. The van der Waals surface area contributed by atoms with E-state index in [-0.39, 0.29) is 17.3 Å². The van der Waals surface area contributed by atoms with E-state index in [1.807, 2.05) is 0 Å². The summed E-state index contributed by atoms with van der Waals surface area (Å²) in [6.07, 6.45) is 2.05. The fraction of sp³-hybridized carbons (Fsp3) is 1.00. The molecule has 0 aromatic rings. The van der Waals surface area contributed by atoms with Gasteiger partial charge in [0.25, 0.3) is 10.1 Å². The molecule has 1 heterocycles. The fourth-order valence-corrected chi connectivity index (χ4v) is 3.84. The quantitative estimate of drug-likeness (QED) is 0.664. The van der Waals surface area contributed by atoms with Crippen molar-refractivity contribution in [2.45, 2.75) is 25.0 Å². The molecule has 5 heteroatoms. The van der Waals surface area contributed by atoms with Crippen LogP contribution in [0.4, 0.5) is 0 Å². The molecule has 0 bridgehead atoms. The first kappa shape index (κ1) is 9.43. The Morgan fingerprint density at radius 2 is 2.23 bits per heavy atom. The van der Waals surface area contributed by atoms with Gasteiger partial charge in [0, 0.05) is 18.5 Å². The first-order chi connectivity index (χ1) is 6.11. The van der Waals surface area contributed by atoms with Crippen molar-refractivity contribution in [2.24, 2.45) is 5.41 Å². The smallest absolute Gasteiger partial charge is 0.272 e. The third-order valence-electron chi connectivity index (χ3n) is 3.01. The zero-order valence-electron chi connectivity index (χ0n) is 7.75. The maximum Gasteiger partial charge on any atom is 0.272 e. The van der Waals surface area contributed by atoms with Gasteiger partial charge in [-0.25, -0.2) is 0 Å². The summed E-state index contributed by atoms with van der Waals surface area (Å²) < 4.78 is 28.1. The zero-order valence-corrected chi connectivity index (χ0v) is 8.56. The van der Waals surface area contributed by atoms with E-state index in [9.17, 15) is 8.42 Å². The molecule has 2 aliphatic rings. The molecule has 1 spiro atoms. The number of nitrogens with one attached hydrogen (secondary N) is 1. The lowest BCUT2D eigenvalue weighted by atomic mass is 10.1. The molecule has 1 aliphatic heterocycles. The fourth-order valence-electron chi connectivity index (χ4n) is 2.10. The molecule has 1 saturated heterocycles. The predicted octanol–water partition coefficient (Wildman–Crippen LogP) is 0.105. The van der Waals surface area contributed by atoms with E-state index < -0.39 is 10.1 Å². The van der Waals surface area contributed by atoms with Crippen LogP contribution < -0.4 is 5.32 Å². The van der Waals surface area contributed by atoms with Crippen molar-refractivity contribution in [1.82, 2.24) is 5.32 Å². The van der Waals surface area contributed by atoms with Gasteiger partial charge in [0.2, 0.25) is 0 Å². The standard InChI is InChI=1S/C8H15NO3S/c1-2-12-13(10,11)7-5-9-6-8(7)3-4-8/h7,9H,2-6H2,1H3. The van der Waals surface area contributed by atoms with Crippen LogP contribution in [0.1, 0.15) is 19.8 Å². The summed E-state index contributed by atoms with van der Waals surface area (Å²) in [7, 11) is -3.32. The molecule has 0 aromatic carbocycles. The van der Waals surface area contributed by atoms with Crippen molar-refractivity contribution >= 4 is 10.1 Å². The molecule has 1 unspecified atom stereocenters. The van der Waals surface area contributed by atoms with Crippen LogP contribution in [-0.4, -0.2) is 33.4 Å². The molecule has 1 atom stereocenters. The second-order valence-electron chi connectivity index (χ2n) is 3.88. The highest BCUT2D eigenvalue weighted by Crippen LogP contribution is 2.52. The van der Waals surface area contributed by atoms with Crippen molar-refractivity contribution in [3.05, 3.63) is 0 Å².